The number of carbonyl (C=O) groups excluding carboxylic acids is 1. The molecule has 0 aliphatic carbocycles. The van der Waals surface area contributed by atoms with Gasteiger partial charge in [-0.1, -0.05) is 24.3 Å². The molecule has 1 atom stereocenters. The number of likely N-dealkylation sites (tertiary alicyclic amines) is 1. The van der Waals surface area contributed by atoms with Crippen LogP contribution in [0.3, 0.4) is 0 Å². The third-order valence-corrected chi connectivity index (χ3v) is 3.68. The summed E-state index contributed by atoms with van der Waals surface area (Å²) in [4.78, 5) is 28.6. The maximum atomic E-state index is 11.9. The van der Waals surface area contributed by atoms with E-state index >= 15 is 0 Å². The zero-order chi connectivity index (χ0) is 14.1. The van der Waals surface area contributed by atoms with Gasteiger partial charge < -0.3 is 10.0 Å². The molecule has 0 saturated carbocycles. The molecule has 1 amide bonds. The van der Waals surface area contributed by atoms with Gasteiger partial charge in [-0.3, -0.25) is 14.6 Å². The first-order valence-corrected chi connectivity index (χ1v) is 6.47. The highest BCUT2D eigenvalue weighted by Crippen LogP contribution is 2.23. The van der Waals surface area contributed by atoms with Crippen molar-refractivity contribution in [2.24, 2.45) is 5.92 Å². The van der Waals surface area contributed by atoms with Crippen molar-refractivity contribution in [3.63, 3.8) is 0 Å². The van der Waals surface area contributed by atoms with E-state index in [0.717, 1.165) is 16.3 Å². The summed E-state index contributed by atoms with van der Waals surface area (Å²) >= 11 is 0. The van der Waals surface area contributed by atoms with E-state index < -0.39 is 11.9 Å². The molecule has 3 rings (SSSR count). The lowest BCUT2D eigenvalue weighted by Gasteiger charge is -2.17. The van der Waals surface area contributed by atoms with Crippen molar-refractivity contribution in [1.82, 2.24) is 9.88 Å². The van der Waals surface area contributed by atoms with Crippen LogP contribution >= 0.6 is 0 Å². The topological polar surface area (TPSA) is 70.5 Å². The summed E-state index contributed by atoms with van der Waals surface area (Å²) in [5.41, 5.74) is 0.947. The van der Waals surface area contributed by atoms with Crippen LogP contribution in [0.4, 0.5) is 0 Å². The van der Waals surface area contributed by atoms with Crippen molar-refractivity contribution < 1.29 is 14.7 Å². The van der Waals surface area contributed by atoms with E-state index in [2.05, 4.69) is 4.98 Å². The molecule has 2 aromatic rings. The Bertz CT molecular complexity index is 678. The van der Waals surface area contributed by atoms with Crippen molar-refractivity contribution in [3.05, 3.63) is 42.2 Å². The van der Waals surface area contributed by atoms with E-state index in [9.17, 15) is 9.59 Å². The molecule has 1 fully saturated rings. The lowest BCUT2D eigenvalue weighted by Crippen LogP contribution is -2.25. The van der Waals surface area contributed by atoms with Crippen molar-refractivity contribution in [2.75, 3.05) is 6.54 Å². The summed E-state index contributed by atoms with van der Waals surface area (Å²) in [5.74, 6) is -1.60. The predicted octanol–water partition coefficient (Wildman–Crippen LogP) is 1.67. The van der Waals surface area contributed by atoms with Crippen LogP contribution in [0.15, 0.2) is 36.7 Å². The fraction of sp³-hybridized carbons (Fsp3) is 0.267. The first kappa shape index (κ1) is 12.6. The van der Waals surface area contributed by atoms with E-state index in [1.807, 2.05) is 24.3 Å². The van der Waals surface area contributed by atoms with Gasteiger partial charge >= 0.3 is 5.97 Å². The van der Waals surface area contributed by atoms with Gasteiger partial charge in [-0.2, -0.15) is 0 Å². The van der Waals surface area contributed by atoms with Gasteiger partial charge in [0, 0.05) is 37.3 Å². The highest BCUT2D eigenvalue weighted by atomic mass is 16.4. The third-order valence-electron chi connectivity index (χ3n) is 3.68. The van der Waals surface area contributed by atoms with E-state index in [0.29, 0.717) is 6.54 Å². The number of rotatable bonds is 3. The van der Waals surface area contributed by atoms with E-state index in [4.69, 9.17) is 5.11 Å². The molecule has 1 aliphatic rings. The van der Waals surface area contributed by atoms with Crippen LogP contribution in [-0.4, -0.2) is 33.4 Å². The maximum Gasteiger partial charge on any atom is 0.308 e. The van der Waals surface area contributed by atoms with Crippen LogP contribution in [0, 0.1) is 5.92 Å². The number of carbonyl (C=O) groups is 2. The monoisotopic (exact) mass is 270 g/mol. The van der Waals surface area contributed by atoms with Gasteiger partial charge in [0.2, 0.25) is 5.91 Å². The maximum absolute atomic E-state index is 11.9. The van der Waals surface area contributed by atoms with Crippen LogP contribution < -0.4 is 0 Å². The van der Waals surface area contributed by atoms with Gasteiger partial charge in [0.15, 0.2) is 0 Å². The average Bonchev–Trinajstić information content (AvgIpc) is 2.81. The summed E-state index contributed by atoms with van der Waals surface area (Å²) in [6, 6.07) is 7.84. The summed E-state index contributed by atoms with van der Waals surface area (Å²) < 4.78 is 0. The van der Waals surface area contributed by atoms with Gasteiger partial charge in [-0.15, -0.1) is 0 Å². The molecule has 1 unspecified atom stereocenters. The van der Waals surface area contributed by atoms with E-state index in [1.165, 1.54) is 0 Å². The number of benzene rings is 1. The Labute approximate surface area is 115 Å². The average molecular weight is 270 g/mol. The Kier molecular flexibility index (Phi) is 3.10. The van der Waals surface area contributed by atoms with Crippen molar-refractivity contribution >= 4 is 22.6 Å². The number of hydrogen-bond donors (Lipinski definition) is 1. The normalized spacial score (nSPS) is 18.7. The van der Waals surface area contributed by atoms with Gasteiger partial charge in [-0.25, -0.2) is 0 Å². The Morgan fingerprint density at radius 3 is 2.90 bits per heavy atom. The molecule has 1 aliphatic heterocycles. The van der Waals surface area contributed by atoms with Gasteiger partial charge in [-0.05, 0) is 10.9 Å². The smallest absolute Gasteiger partial charge is 0.308 e. The zero-order valence-corrected chi connectivity index (χ0v) is 10.8. The number of nitrogens with zero attached hydrogens (tertiary/aromatic N) is 2. The Morgan fingerprint density at radius 1 is 1.35 bits per heavy atom. The summed E-state index contributed by atoms with van der Waals surface area (Å²) in [7, 11) is 0. The first-order chi connectivity index (χ1) is 9.65. The van der Waals surface area contributed by atoms with E-state index in [1.54, 1.807) is 17.3 Å². The lowest BCUT2D eigenvalue weighted by molar-refractivity contribution is -0.141. The number of carboxylic acid groups (broad SMARTS) is 1. The van der Waals surface area contributed by atoms with Crippen molar-refractivity contribution in [2.45, 2.75) is 13.0 Å². The molecule has 102 valence electrons. The fourth-order valence-electron chi connectivity index (χ4n) is 2.60. The third kappa shape index (κ3) is 2.22. The number of fused-ring (bicyclic) bond motifs is 1. The highest BCUT2D eigenvalue weighted by Gasteiger charge is 2.34. The summed E-state index contributed by atoms with van der Waals surface area (Å²) in [6.45, 7) is 0.689. The SMILES string of the molecule is O=C(O)C1CC(=O)N(Cc2cncc3ccccc23)C1. The Hall–Kier alpha value is -2.43. The molecule has 1 aromatic carbocycles. The van der Waals surface area contributed by atoms with Crippen LogP contribution in [0.25, 0.3) is 10.8 Å². The molecular formula is C15H14N2O3. The summed E-state index contributed by atoms with van der Waals surface area (Å²) in [5, 5.41) is 11.1. The molecule has 1 saturated heterocycles. The molecule has 1 aromatic heterocycles. The van der Waals surface area contributed by atoms with E-state index in [-0.39, 0.29) is 18.9 Å². The molecule has 1 N–H and O–H groups in total. The van der Waals surface area contributed by atoms with Crippen LogP contribution in [0.1, 0.15) is 12.0 Å². The minimum Gasteiger partial charge on any atom is -0.481 e. The summed E-state index contributed by atoms with van der Waals surface area (Å²) in [6.07, 6.45) is 3.61. The molecule has 2 heterocycles. The zero-order valence-electron chi connectivity index (χ0n) is 10.8. The largest absolute Gasteiger partial charge is 0.481 e. The molecular weight excluding hydrogens is 256 g/mol. The predicted molar refractivity (Wildman–Crippen MR) is 72.9 cm³/mol. The number of aromatic nitrogens is 1. The minimum absolute atomic E-state index is 0.0908. The molecule has 20 heavy (non-hydrogen) atoms. The standard InChI is InChI=1S/C15H14N2O3/c18-14-5-11(15(19)20)8-17(14)9-12-7-16-6-10-3-1-2-4-13(10)12/h1-4,6-7,11H,5,8-9H2,(H,19,20). The number of aliphatic carboxylic acids is 1. The second-order valence-electron chi connectivity index (χ2n) is 5.03. The molecule has 0 bridgehead atoms. The first-order valence-electron chi connectivity index (χ1n) is 6.47. The van der Waals surface area contributed by atoms with Gasteiger partial charge in [0.25, 0.3) is 0 Å². The fourth-order valence-corrected chi connectivity index (χ4v) is 2.60. The molecule has 0 spiro atoms. The molecule has 0 radical (unpaired) electrons. The molecule has 5 nitrogen and oxygen atoms in total. The highest BCUT2D eigenvalue weighted by molar-refractivity contribution is 5.87. The quantitative estimate of drug-likeness (QED) is 0.921. The Morgan fingerprint density at radius 2 is 2.15 bits per heavy atom. The Balaban J connectivity index is 1.87. The number of amides is 1. The van der Waals surface area contributed by atoms with Gasteiger partial charge in [0.05, 0.1) is 5.92 Å². The van der Waals surface area contributed by atoms with Crippen molar-refractivity contribution in [3.8, 4) is 0 Å². The van der Waals surface area contributed by atoms with Crippen LogP contribution in [0.5, 0.6) is 0 Å². The number of hydrogen-bond acceptors (Lipinski definition) is 3. The molecule has 5 heteroatoms. The number of pyridine rings is 1. The second-order valence-corrected chi connectivity index (χ2v) is 5.03. The minimum atomic E-state index is -0.906. The van der Waals surface area contributed by atoms with Crippen LogP contribution in [0.2, 0.25) is 0 Å². The van der Waals surface area contributed by atoms with Gasteiger partial charge in [0.1, 0.15) is 0 Å². The van der Waals surface area contributed by atoms with Crippen molar-refractivity contribution in [1.29, 1.82) is 0 Å². The van der Waals surface area contributed by atoms with Crippen LogP contribution in [-0.2, 0) is 16.1 Å². The second kappa shape index (κ2) is 4.92. The number of carboxylic acids is 1. The lowest BCUT2D eigenvalue weighted by atomic mass is 10.1.